The number of nitrogens with zero attached hydrogens (tertiary/aromatic N) is 1. The molecule has 24 heavy (non-hydrogen) atoms. The third-order valence-electron chi connectivity index (χ3n) is 3.46. The summed E-state index contributed by atoms with van der Waals surface area (Å²) in [4.78, 5) is 16.4. The van der Waals surface area contributed by atoms with Gasteiger partial charge in [0.2, 0.25) is 5.91 Å². The molecule has 0 saturated heterocycles. The second-order valence-corrected chi connectivity index (χ2v) is 5.76. The Morgan fingerprint density at radius 2 is 1.96 bits per heavy atom. The zero-order valence-corrected chi connectivity index (χ0v) is 13.4. The first-order valence-electron chi connectivity index (χ1n) is 7.66. The monoisotopic (exact) mass is 324 g/mol. The predicted molar refractivity (Wildman–Crippen MR) is 92.2 cm³/mol. The van der Waals surface area contributed by atoms with Crippen LogP contribution in [0.25, 0.3) is 17.2 Å². The van der Waals surface area contributed by atoms with E-state index in [9.17, 15) is 9.18 Å². The van der Waals surface area contributed by atoms with Crippen molar-refractivity contribution in [1.29, 1.82) is 0 Å². The lowest BCUT2D eigenvalue weighted by molar-refractivity contribution is -0.111. The third kappa shape index (κ3) is 3.68. The predicted octanol–water partition coefficient (Wildman–Crippen LogP) is 4.74. The molecular formula is C19H17FN2O2. The Balaban J connectivity index is 1.71. The second-order valence-electron chi connectivity index (χ2n) is 5.76. The average molecular weight is 324 g/mol. The van der Waals surface area contributed by atoms with Crippen LogP contribution in [0.5, 0.6) is 0 Å². The molecule has 122 valence electrons. The highest BCUT2D eigenvalue weighted by molar-refractivity contribution is 6.02. The molecule has 1 N–H and O–H groups in total. The third-order valence-corrected chi connectivity index (χ3v) is 3.46. The second kappa shape index (κ2) is 6.66. The molecule has 0 spiro atoms. The molecule has 0 aliphatic heterocycles. The number of hydrogen-bond donors (Lipinski definition) is 1. The van der Waals surface area contributed by atoms with E-state index in [0.717, 1.165) is 11.1 Å². The highest BCUT2D eigenvalue weighted by Gasteiger charge is 2.10. The van der Waals surface area contributed by atoms with Crippen molar-refractivity contribution in [2.45, 2.75) is 19.8 Å². The highest BCUT2D eigenvalue weighted by atomic mass is 19.1. The molecule has 0 saturated carbocycles. The Hall–Kier alpha value is -2.95. The van der Waals surface area contributed by atoms with Crippen molar-refractivity contribution in [3.05, 3.63) is 65.8 Å². The van der Waals surface area contributed by atoms with Crippen LogP contribution in [0.4, 0.5) is 10.1 Å². The van der Waals surface area contributed by atoms with E-state index in [1.807, 2.05) is 19.9 Å². The molecule has 4 nitrogen and oxygen atoms in total. The van der Waals surface area contributed by atoms with E-state index >= 15 is 0 Å². The summed E-state index contributed by atoms with van der Waals surface area (Å²) in [7, 11) is 0. The molecule has 2 aromatic carbocycles. The minimum atomic E-state index is -0.308. The molecule has 3 rings (SSSR count). The van der Waals surface area contributed by atoms with Crippen molar-refractivity contribution in [3.8, 4) is 0 Å². The zero-order valence-electron chi connectivity index (χ0n) is 13.4. The highest BCUT2D eigenvalue weighted by Crippen LogP contribution is 2.23. The quantitative estimate of drug-likeness (QED) is 0.705. The summed E-state index contributed by atoms with van der Waals surface area (Å²) < 4.78 is 18.5. The van der Waals surface area contributed by atoms with E-state index in [4.69, 9.17) is 4.42 Å². The van der Waals surface area contributed by atoms with E-state index in [1.165, 1.54) is 18.2 Å². The molecule has 0 aliphatic rings. The summed E-state index contributed by atoms with van der Waals surface area (Å²) in [6, 6.07) is 11.2. The van der Waals surface area contributed by atoms with Gasteiger partial charge in [0, 0.05) is 23.7 Å². The molecular weight excluding hydrogens is 307 g/mol. The molecule has 1 amide bonds. The van der Waals surface area contributed by atoms with Crippen LogP contribution < -0.4 is 5.32 Å². The number of hydrogen-bond acceptors (Lipinski definition) is 3. The normalized spacial score (nSPS) is 11.5. The number of amides is 1. The Bertz CT molecular complexity index is 895. The minimum Gasteiger partial charge on any atom is -0.440 e. The number of rotatable bonds is 4. The van der Waals surface area contributed by atoms with Crippen LogP contribution in [-0.4, -0.2) is 10.9 Å². The molecule has 1 aromatic heterocycles. The van der Waals surface area contributed by atoms with E-state index in [1.54, 1.807) is 30.3 Å². The Kier molecular flexibility index (Phi) is 4.42. The number of carbonyl (C=O) groups excluding carboxylic acids is 1. The molecule has 0 fully saturated rings. The summed E-state index contributed by atoms with van der Waals surface area (Å²) >= 11 is 0. The van der Waals surface area contributed by atoms with Crippen molar-refractivity contribution >= 4 is 28.8 Å². The van der Waals surface area contributed by atoms with Gasteiger partial charge in [0.05, 0.1) is 0 Å². The number of aromatic nitrogens is 1. The first-order chi connectivity index (χ1) is 11.5. The molecule has 5 heteroatoms. The fourth-order valence-corrected chi connectivity index (χ4v) is 2.20. The number of halogens is 1. The summed E-state index contributed by atoms with van der Waals surface area (Å²) in [5.41, 5.74) is 2.78. The van der Waals surface area contributed by atoms with E-state index in [-0.39, 0.29) is 17.6 Å². The van der Waals surface area contributed by atoms with Crippen molar-refractivity contribution in [2.75, 3.05) is 5.32 Å². The molecule has 0 radical (unpaired) electrons. The first-order valence-corrected chi connectivity index (χ1v) is 7.66. The molecule has 0 unspecified atom stereocenters. The van der Waals surface area contributed by atoms with Crippen LogP contribution in [0.1, 0.15) is 31.2 Å². The zero-order chi connectivity index (χ0) is 17.1. The van der Waals surface area contributed by atoms with Crippen molar-refractivity contribution < 1.29 is 13.6 Å². The number of anilines is 1. The van der Waals surface area contributed by atoms with Gasteiger partial charge in [0.25, 0.3) is 0 Å². The number of fused-ring (bicyclic) bond motifs is 1. The molecule has 3 aromatic rings. The van der Waals surface area contributed by atoms with Crippen LogP contribution in [0.3, 0.4) is 0 Å². The number of benzene rings is 2. The van der Waals surface area contributed by atoms with Gasteiger partial charge in [-0.05, 0) is 35.9 Å². The lowest BCUT2D eigenvalue weighted by atomic mass is 10.2. The van der Waals surface area contributed by atoms with Crippen LogP contribution in [0.15, 0.2) is 53.0 Å². The van der Waals surface area contributed by atoms with E-state index in [2.05, 4.69) is 10.3 Å². The van der Waals surface area contributed by atoms with Gasteiger partial charge in [-0.25, -0.2) is 9.37 Å². The van der Waals surface area contributed by atoms with Gasteiger partial charge in [-0.2, -0.15) is 0 Å². The molecule has 0 aliphatic carbocycles. The first kappa shape index (κ1) is 15.9. The van der Waals surface area contributed by atoms with Gasteiger partial charge in [0.15, 0.2) is 11.5 Å². The Morgan fingerprint density at radius 1 is 1.21 bits per heavy atom. The maximum atomic E-state index is 12.8. The molecule has 0 bridgehead atoms. The van der Waals surface area contributed by atoms with Crippen molar-refractivity contribution in [1.82, 2.24) is 4.98 Å². The lowest BCUT2D eigenvalue weighted by Gasteiger charge is -2.01. The van der Waals surface area contributed by atoms with Gasteiger partial charge in [0.1, 0.15) is 11.3 Å². The molecule has 0 atom stereocenters. The van der Waals surface area contributed by atoms with E-state index < -0.39 is 0 Å². The van der Waals surface area contributed by atoms with Crippen LogP contribution in [-0.2, 0) is 4.79 Å². The summed E-state index contributed by atoms with van der Waals surface area (Å²) in [5, 5.41) is 2.77. The largest absolute Gasteiger partial charge is 0.440 e. The average Bonchev–Trinajstić information content (AvgIpc) is 2.98. The number of carbonyl (C=O) groups is 1. The van der Waals surface area contributed by atoms with Gasteiger partial charge in [-0.15, -0.1) is 0 Å². The summed E-state index contributed by atoms with van der Waals surface area (Å²) in [5.74, 6) is 0.291. The van der Waals surface area contributed by atoms with Crippen molar-refractivity contribution in [2.24, 2.45) is 0 Å². The Labute approximate surface area is 139 Å². The van der Waals surface area contributed by atoms with Gasteiger partial charge in [-0.3, -0.25) is 4.79 Å². The standard InChI is InChI=1S/C19H17FN2O2/c1-12(2)19-22-16-9-8-15(11-17(16)24-19)21-18(23)10-5-13-3-6-14(20)7-4-13/h3-12H,1-2H3,(H,21,23)/b10-5+. The van der Waals surface area contributed by atoms with Gasteiger partial charge < -0.3 is 9.73 Å². The number of nitrogens with one attached hydrogen (secondary N) is 1. The smallest absolute Gasteiger partial charge is 0.248 e. The fraction of sp³-hybridized carbons (Fsp3) is 0.158. The summed E-state index contributed by atoms with van der Waals surface area (Å²) in [6.45, 7) is 4.02. The van der Waals surface area contributed by atoms with Crippen molar-refractivity contribution in [3.63, 3.8) is 0 Å². The van der Waals surface area contributed by atoms with Crippen LogP contribution in [0, 0.1) is 5.82 Å². The maximum Gasteiger partial charge on any atom is 0.248 e. The topological polar surface area (TPSA) is 55.1 Å². The van der Waals surface area contributed by atoms with Crippen LogP contribution >= 0.6 is 0 Å². The van der Waals surface area contributed by atoms with Gasteiger partial charge >= 0.3 is 0 Å². The maximum absolute atomic E-state index is 12.8. The lowest BCUT2D eigenvalue weighted by Crippen LogP contribution is -2.07. The fourth-order valence-electron chi connectivity index (χ4n) is 2.20. The SMILES string of the molecule is CC(C)c1nc2ccc(NC(=O)/C=C/c3ccc(F)cc3)cc2o1. The minimum absolute atomic E-state index is 0.203. The van der Waals surface area contributed by atoms with E-state index in [0.29, 0.717) is 17.2 Å². The number of oxazole rings is 1. The molecule has 1 heterocycles. The Morgan fingerprint density at radius 3 is 2.67 bits per heavy atom. The van der Waals surface area contributed by atoms with Crippen LogP contribution in [0.2, 0.25) is 0 Å². The summed E-state index contributed by atoms with van der Waals surface area (Å²) in [6.07, 6.45) is 3.02. The van der Waals surface area contributed by atoms with Gasteiger partial charge in [-0.1, -0.05) is 26.0 Å².